The summed E-state index contributed by atoms with van der Waals surface area (Å²) in [5.74, 6) is 1.00. The van der Waals surface area contributed by atoms with E-state index in [4.69, 9.17) is 4.74 Å². The second-order valence-corrected chi connectivity index (χ2v) is 4.58. The van der Waals surface area contributed by atoms with E-state index in [9.17, 15) is 9.90 Å². The van der Waals surface area contributed by atoms with Crippen molar-refractivity contribution in [3.05, 3.63) is 58.1 Å². The van der Waals surface area contributed by atoms with Crippen molar-refractivity contribution >= 4 is 22.2 Å². The highest BCUT2D eigenvalue weighted by Gasteiger charge is 2.08. The molecule has 0 radical (unpaired) electrons. The predicted molar refractivity (Wildman–Crippen MR) is 72.0 cm³/mol. The van der Waals surface area contributed by atoms with E-state index < -0.39 is 0 Å². The van der Waals surface area contributed by atoms with Crippen LogP contribution in [0.15, 0.2) is 46.9 Å². The third kappa shape index (κ3) is 2.78. The van der Waals surface area contributed by atoms with Gasteiger partial charge in [0, 0.05) is 10.0 Å². The fraction of sp³-hybridized carbons (Fsp3) is 0.0714. The van der Waals surface area contributed by atoms with Crippen LogP contribution in [0.5, 0.6) is 11.5 Å². The van der Waals surface area contributed by atoms with Gasteiger partial charge in [-0.05, 0) is 24.3 Å². The summed E-state index contributed by atoms with van der Waals surface area (Å²) in [4.78, 5) is 10.9. The molecule has 18 heavy (non-hydrogen) atoms. The quantitative estimate of drug-likeness (QED) is 0.879. The number of carbonyl (C=O) groups is 1. The summed E-state index contributed by atoms with van der Waals surface area (Å²) in [5.41, 5.74) is 1.14. The normalized spacial score (nSPS) is 10.1. The van der Waals surface area contributed by atoms with Crippen LogP contribution in [-0.4, -0.2) is 11.4 Å². The molecule has 0 aromatic heterocycles. The summed E-state index contributed by atoms with van der Waals surface area (Å²) in [6, 6.07) is 12.3. The van der Waals surface area contributed by atoms with E-state index in [0.717, 1.165) is 10.8 Å². The Kier molecular flexibility index (Phi) is 4.12. The molecule has 0 aliphatic carbocycles. The van der Waals surface area contributed by atoms with E-state index in [-0.39, 0.29) is 6.61 Å². The van der Waals surface area contributed by atoms with Crippen LogP contribution in [0.4, 0.5) is 0 Å². The van der Waals surface area contributed by atoms with Crippen LogP contribution in [0, 0.1) is 0 Å². The average Bonchev–Trinajstić information content (AvgIpc) is 2.40. The Morgan fingerprint density at radius 2 is 1.94 bits per heavy atom. The Labute approximate surface area is 113 Å². The van der Waals surface area contributed by atoms with Gasteiger partial charge >= 0.3 is 0 Å². The van der Waals surface area contributed by atoms with Gasteiger partial charge in [0.15, 0.2) is 6.29 Å². The molecule has 0 amide bonds. The minimum atomic E-state index is -0.111. The van der Waals surface area contributed by atoms with Crippen LogP contribution >= 0.6 is 15.9 Å². The third-order valence-electron chi connectivity index (χ3n) is 2.47. The number of hydrogen-bond donors (Lipinski definition) is 1. The number of ether oxygens (including phenoxy) is 1. The fourth-order valence-electron chi connectivity index (χ4n) is 1.55. The SMILES string of the molecule is O=Cc1ccc(Br)cc1Oc1ccccc1CO. The van der Waals surface area contributed by atoms with Crippen LogP contribution < -0.4 is 4.74 Å². The van der Waals surface area contributed by atoms with E-state index in [0.29, 0.717) is 22.6 Å². The molecule has 0 atom stereocenters. The number of hydrogen-bond acceptors (Lipinski definition) is 3. The third-order valence-corrected chi connectivity index (χ3v) is 2.96. The number of carbonyl (C=O) groups excluding carboxylic acids is 1. The first-order chi connectivity index (χ1) is 8.74. The van der Waals surface area contributed by atoms with Crippen LogP contribution in [0.2, 0.25) is 0 Å². The van der Waals surface area contributed by atoms with Gasteiger partial charge in [-0.2, -0.15) is 0 Å². The molecule has 0 bridgehead atoms. The standard InChI is InChI=1S/C14H11BrO3/c15-12-6-5-11(9-17)14(7-12)18-13-4-2-1-3-10(13)8-16/h1-7,9,16H,8H2. The maximum atomic E-state index is 10.9. The van der Waals surface area contributed by atoms with Gasteiger partial charge in [-0.25, -0.2) is 0 Å². The lowest BCUT2D eigenvalue weighted by molar-refractivity contribution is 0.112. The first kappa shape index (κ1) is 12.8. The summed E-state index contributed by atoms with van der Waals surface area (Å²) in [7, 11) is 0. The second kappa shape index (κ2) is 5.80. The number of aliphatic hydroxyl groups excluding tert-OH is 1. The zero-order valence-corrected chi connectivity index (χ0v) is 11.1. The van der Waals surface area contributed by atoms with Gasteiger partial charge in [0.25, 0.3) is 0 Å². The van der Waals surface area contributed by atoms with Crippen molar-refractivity contribution in [2.45, 2.75) is 6.61 Å². The molecule has 0 fully saturated rings. The molecule has 0 spiro atoms. The van der Waals surface area contributed by atoms with Crippen molar-refractivity contribution in [2.75, 3.05) is 0 Å². The van der Waals surface area contributed by atoms with Gasteiger partial charge in [0.2, 0.25) is 0 Å². The Balaban J connectivity index is 2.39. The summed E-state index contributed by atoms with van der Waals surface area (Å²) >= 11 is 3.33. The van der Waals surface area contributed by atoms with Gasteiger partial charge in [0.1, 0.15) is 11.5 Å². The molecule has 3 nitrogen and oxygen atoms in total. The molecule has 1 N–H and O–H groups in total. The summed E-state index contributed by atoms with van der Waals surface area (Å²) in [6.07, 6.45) is 0.739. The molecule has 0 aliphatic rings. The minimum Gasteiger partial charge on any atom is -0.456 e. The first-order valence-electron chi connectivity index (χ1n) is 5.36. The number of benzene rings is 2. The predicted octanol–water partition coefficient (Wildman–Crippen LogP) is 3.55. The minimum absolute atomic E-state index is 0.111. The number of para-hydroxylation sites is 1. The summed E-state index contributed by atoms with van der Waals surface area (Å²) < 4.78 is 6.51. The molecule has 2 aromatic rings. The maximum Gasteiger partial charge on any atom is 0.153 e. The summed E-state index contributed by atoms with van der Waals surface area (Å²) in [5, 5.41) is 9.22. The van der Waals surface area contributed by atoms with Gasteiger partial charge in [0.05, 0.1) is 12.2 Å². The van der Waals surface area contributed by atoms with Gasteiger partial charge in [-0.15, -0.1) is 0 Å². The molecule has 4 heteroatoms. The van der Waals surface area contributed by atoms with Crippen LogP contribution in [-0.2, 0) is 6.61 Å². The molecule has 0 unspecified atom stereocenters. The molecular formula is C14H11BrO3. The van der Waals surface area contributed by atoms with Crippen molar-refractivity contribution in [2.24, 2.45) is 0 Å². The Morgan fingerprint density at radius 1 is 1.17 bits per heavy atom. The van der Waals surface area contributed by atoms with E-state index in [1.165, 1.54) is 0 Å². The van der Waals surface area contributed by atoms with Gasteiger partial charge < -0.3 is 9.84 Å². The van der Waals surface area contributed by atoms with Gasteiger partial charge in [-0.1, -0.05) is 34.1 Å². The highest BCUT2D eigenvalue weighted by atomic mass is 79.9. The zero-order chi connectivity index (χ0) is 13.0. The lowest BCUT2D eigenvalue weighted by atomic mass is 10.2. The highest BCUT2D eigenvalue weighted by Crippen LogP contribution is 2.29. The van der Waals surface area contributed by atoms with Crippen LogP contribution in [0.25, 0.3) is 0 Å². The van der Waals surface area contributed by atoms with Crippen molar-refractivity contribution in [1.29, 1.82) is 0 Å². The van der Waals surface area contributed by atoms with Crippen molar-refractivity contribution < 1.29 is 14.6 Å². The number of aldehydes is 1. The van der Waals surface area contributed by atoms with E-state index in [1.54, 1.807) is 30.3 Å². The average molecular weight is 307 g/mol. The monoisotopic (exact) mass is 306 g/mol. The number of rotatable bonds is 4. The first-order valence-corrected chi connectivity index (χ1v) is 6.15. The van der Waals surface area contributed by atoms with Crippen molar-refractivity contribution in [3.63, 3.8) is 0 Å². The van der Waals surface area contributed by atoms with E-state index >= 15 is 0 Å². The lowest BCUT2D eigenvalue weighted by Crippen LogP contribution is -1.94. The Morgan fingerprint density at radius 3 is 2.67 bits per heavy atom. The smallest absolute Gasteiger partial charge is 0.153 e. The second-order valence-electron chi connectivity index (χ2n) is 3.67. The Bertz CT molecular complexity index is 567. The lowest BCUT2D eigenvalue weighted by Gasteiger charge is -2.11. The molecule has 2 rings (SSSR count). The summed E-state index contributed by atoms with van der Waals surface area (Å²) in [6.45, 7) is -0.111. The molecule has 0 heterocycles. The van der Waals surface area contributed by atoms with Crippen molar-refractivity contribution in [3.8, 4) is 11.5 Å². The molecular weight excluding hydrogens is 296 g/mol. The van der Waals surface area contributed by atoms with Crippen LogP contribution in [0.1, 0.15) is 15.9 Å². The largest absolute Gasteiger partial charge is 0.456 e. The molecule has 92 valence electrons. The maximum absolute atomic E-state index is 10.9. The van der Waals surface area contributed by atoms with Crippen LogP contribution in [0.3, 0.4) is 0 Å². The molecule has 2 aromatic carbocycles. The number of aliphatic hydroxyl groups is 1. The van der Waals surface area contributed by atoms with E-state index in [1.807, 2.05) is 12.1 Å². The topological polar surface area (TPSA) is 46.5 Å². The van der Waals surface area contributed by atoms with Gasteiger partial charge in [-0.3, -0.25) is 4.79 Å². The molecule has 0 aliphatic heterocycles. The highest BCUT2D eigenvalue weighted by molar-refractivity contribution is 9.10. The van der Waals surface area contributed by atoms with Crippen molar-refractivity contribution in [1.82, 2.24) is 0 Å². The zero-order valence-electron chi connectivity index (χ0n) is 9.47. The van der Waals surface area contributed by atoms with E-state index in [2.05, 4.69) is 15.9 Å². The fourth-order valence-corrected chi connectivity index (χ4v) is 1.89. The Hall–Kier alpha value is -1.65. The molecule has 0 saturated carbocycles. The number of halogens is 1. The molecule has 0 saturated heterocycles.